The topological polar surface area (TPSA) is 32.7 Å². The van der Waals surface area contributed by atoms with Gasteiger partial charge in [0.05, 0.1) is 12.7 Å². The molecule has 1 aliphatic carbocycles. The number of aliphatic hydroxyl groups excluding tert-OH is 1. The van der Waals surface area contributed by atoms with Crippen LogP contribution < -0.4 is 0 Å². The highest BCUT2D eigenvalue weighted by molar-refractivity contribution is 4.86. The Morgan fingerprint density at radius 1 is 1.31 bits per heavy atom. The van der Waals surface area contributed by atoms with Crippen LogP contribution in [0.15, 0.2) is 0 Å². The maximum Gasteiger partial charge on any atom is 0.0596 e. The quantitative estimate of drug-likeness (QED) is 0.723. The first-order valence-corrected chi connectivity index (χ1v) is 6.49. The lowest BCUT2D eigenvalue weighted by Gasteiger charge is -2.31. The molecule has 0 atom stereocenters. The second-order valence-corrected chi connectivity index (χ2v) is 5.52. The van der Waals surface area contributed by atoms with Crippen molar-refractivity contribution in [3.8, 4) is 0 Å². The van der Waals surface area contributed by atoms with E-state index in [2.05, 4.69) is 25.8 Å². The van der Waals surface area contributed by atoms with Crippen molar-refractivity contribution in [3.63, 3.8) is 0 Å². The third kappa shape index (κ3) is 4.40. The SMILES string of the molecule is CC(C)OCCN(C)CC1(CO)CCCC1. The maximum atomic E-state index is 9.52. The molecule has 3 nitrogen and oxygen atoms in total. The highest BCUT2D eigenvalue weighted by Crippen LogP contribution is 2.37. The number of hydrogen-bond donors (Lipinski definition) is 1. The summed E-state index contributed by atoms with van der Waals surface area (Å²) in [7, 11) is 2.12. The second kappa shape index (κ2) is 6.58. The van der Waals surface area contributed by atoms with Gasteiger partial charge in [-0.25, -0.2) is 0 Å². The number of hydrogen-bond acceptors (Lipinski definition) is 3. The molecule has 3 heteroatoms. The molecule has 1 aliphatic rings. The first-order valence-electron chi connectivity index (χ1n) is 6.49. The molecule has 0 unspecified atom stereocenters. The van der Waals surface area contributed by atoms with Crippen LogP contribution in [0.5, 0.6) is 0 Å². The molecular formula is C13H27NO2. The smallest absolute Gasteiger partial charge is 0.0596 e. The van der Waals surface area contributed by atoms with Gasteiger partial charge in [0.2, 0.25) is 0 Å². The van der Waals surface area contributed by atoms with Crippen molar-refractivity contribution in [2.45, 2.75) is 45.6 Å². The predicted octanol–water partition coefficient (Wildman–Crippen LogP) is 1.90. The lowest BCUT2D eigenvalue weighted by molar-refractivity contribution is 0.0426. The van der Waals surface area contributed by atoms with Crippen LogP contribution >= 0.6 is 0 Å². The van der Waals surface area contributed by atoms with Gasteiger partial charge in [-0.1, -0.05) is 12.8 Å². The van der Waals surface area contributed by atoms with E-state index in [4.69, 9.17) is 4.74 Å². The minimum Gasteiger partial charge on any atom is -0.396 e. The van der Waals surface area contributed by atoms with E-state index in [0.29, 0.717) is 12.7 Å². The average Bonchev–Trinajstić information content (AvgIpc) is 2.66. The summed E-state index contributed by atoms with van der Waals surface area (Å²) in [6, 6.07) is 0. The van der Waals surface area contributed by atoms with Crippen LogP contribution in [-0.2, 0) is 4.74 Å². The van der Waals surface area contributed by atoms with Crippen LogP contribution in [0, 0.1) is 5.41 Å². The molecule has 1 saturated carbocycles. The van der Waals surface area contributed by atoms with Gasteiger partial charge in [0.1, 0.15) is 0 Å². The standard InChI is InChI=1S/C13H27NO2/c1-12(2)16-9-8-14(3)10-13(11-15)6-4-5-7-13/h12,15H,4-11H2,1-3H3. The minimum absolute atomic E-state index is 0.173. The van der Waals surface area contributed by atoms with E-state index in [1.54, 1.807) is 0 Å². The van der Waals surface area contributed by atoms with E-state index in [1.807, 2.05) is 0 Å². The van der Waals surface area contributed by atoms with Crippen molar-refractivity contribution in [2.75, 3.05) is 33.4 Å². The molecule has 0 aliphatic heterocycles. The van der Waals surface area contributed by atoms with Crippen molar-refractivity contribution in [3.05, 3.63) is 0 Å². The predicted molar refractivity (Wildman–Crippen MR) is 66.6 cm³/mol. The monoisotopic (exact) mass is 229 g/mol. The summed E-state index contributed by atoms with van der Waals surface area (Å²) < 4.78 is 5.54. The van der Waals surface area contributed by atoms with Crippen molar-refractivity contribution < 1.29 is 9.84 Å². The largest absolute Gasteiger partial charge is 0.396 e. The zero-order valence-corrected chi connectivity index (χ0v) is 11.0. The van der Waals surface area contributed by atoms with Crippen LogP contribution in [0.4, 0.5) is 0 Å². The Hall–Kier alpha value is -0.120. The molecule has 0 bridgehead atoms. The lowest BCUT2D eigenvalue weighted by atomic mass is 9.87. The Balaban J connectivity index is 2.24. The third-order valence-electron chi connectivity index (χ3n) is 3.53. The Kier molecular flexibility index (Phi) is 5.73. The lowest BCUT2D eigenvalue weighted by Crippen LogP contribution is -2.38. The summed E-state index contributed by atoms with van der Waals surface area (Å²) in [6.07, 6.45) is 5.22. The summed E-state index contributed by atoms with van der Waals surface area (Å²) >= 11 is 0. The van der Waals surface area contributed by atoms with E-state index in [0.717, 1.165) is 19.7 Å². The van der Waals surface area contributed by atoms with Gasteiger partial charge < -0.3 is 14.7 Å². The molecule has 0 spiro atoms. The second-order valence-electron chi connectivity index (χ2n) is 5.52. The van der Waals surface area contributed by atoms with Crippen molar-refractivity contribution in [1.82, 2.24) is 4.90 Å². The number of nitrogens with zero attached hydrogens (tertiary/aromatic N) is 1. The Labute approximate surface area is 99.8 Å². The maximum absolute atomic E-state index is 9.52. The van der Waals surface area contributed by atoms with E-state index in [-0.39, 0.29) is 5.41 Å². The fourth-order valence-electron chi connectivity index (χ4n) is 2.59. The third-order valence-corrected chi connectivity index (χ3v) is 3.53. The number of rotatable bonds is 7. The molecule has 1 fully saturated rings. The molecule has 0 heterocycles. The molecule has 16 heavy (non-hydrogen) atoms. The average molecular weight is 229 g/mol. The number of aliphatic hydroxyl groups is 1. The van der Waals surface area contributed by atoms with Crippen LogP contribution in [0.25, 0.3) is 0 Å². The highest BCUT2D eigenvalue weighted by atomic mass is 16.5. The van der Waals surface area contributed by atoms with E-state index in [9.17, 15) is 5.11 Å². The number of likely N-dealkylation sites (N-methyl/N-ethyl adjacent to an activating group) is 1. The highest BCUT2D eigenvalue weighted by Gasteiger charge is 2.33. The summed E-state index contributed by atoms with van der Waals surface area (Å²) in [4.78, 5) is 2.30. The van der Waals surface area contributed by atoms with Crippen LogP contribution in [-0.4, -0.2) is 49.5 Å². The molecule has 0 amide bonds. The fourth-order valence-corrected chi connectivity index (χ4v) is 2.59. The Morgan fingerprint density at radius 2 is 1.94 bits per heavy atom. The first-order chi connectivity index (χ1) is 7.58. The van der Waals surface area contributed by atoms with Gasteiger partial charge in [-0.15, -0.1) is 0 Å². The zero-order valence-electron chi connectivity index (χ0n) is 11.0. The summed E-state index contributed by atoms with van der Waals surface area (Å²) in [5.41, 5.74) is 0.173. The molecule has 0 saturated heterocycles. The molecule has 1 N–H and O–H groups in total. The molecular weight excluding hydrogens is 202 g/mol. The Bertz CT molecular complexity index is 188. The summed E-state index contributed by atoms with van der Waals surface area (Å²) in [5.74, 6) is 0. The zero-order chi connectivity index (χ0) is 12.0. The van der Waals surface area contributed by atoms with Gasteiger partial charge in [0.15, 0.2) is 0 Å². The number of ether oxygens (including phenoxy) is 1. The molecule has 0 aromatic rings. The van der Waals surface area contributed by atoms with E-state index in [1.165, 1.54) is 25.7 Å². The summed E-state index contributed by atoms with van der Waals surface area (Å²) in [5, 5.41) is 9.52. The molecule has 0 radical (unpaired) electrons. The molecule has 0 aromatic heterocycles. The summed E-state index contributed by atoms with van der Waals surface area (Å²) in [6.45, 7) is 7.21. The normalized spacial score (nSPS) is 19.9. The van der Waals surface area contributed by atoms with E-state index >= 15 is 0 Å². The van der Waals surface area contributed by atoms with Crippen LogP contribution in [0.1, 0.15) is 39.5 Å². The molecule has 1 rings (SSSR count). The van der Waals surface area contributed by atoms with Gasteiger partial charge in [-0.05, 0) is 33.7 Å². The Morgan fingerprint density at radius 3 is 2.44 bits per heavy atom. The minimum atomic E-state index is 0.173. The first kappa shape index (κ1) is 13.9. The van der Waals surface area contributed by atoms with Gasteiger partial charge in [-0.2, -0.15) is 0 Å². The van der Waals surface area contributed by atoms with Crippen molar-refractivity contribution in [2.24, 2.45) is 5.41 Å². The van der Waals surface area contributed by atoms with Crippen LogP contribution in [0.2, 0.25) is 0 Å². The van der Waals surface area contributed by atoms with Gasteiger partial charge >= 0.3 is 0 Å². The van der Waals surface area contributed by atoms with E-state index < -0.39 is 0 Å². The van der Waals surface area contributed by atoms with Gasteiger partial charge in [-0.3, -0.25) is 0 Å². The van der Waals surface area contributed by atoms with Crippen molar-refractivity contribution >= 4 is 0 Å². The fraction of sp³-hybridized carbons (Fsp3) is 1.00. The van der Waals surface area contributed by atoms with Crippen molar-refractivity contribution in [1.29, 1.82) is 0 Å². The molecule has 96 valence electrons. The van der Waals surface area contributed by atoms with Crippen LogP contribution in [0.3, 0.4) is 0 Å². The molecule has 0 aromatic carbocycles. The van der Waals surface area contributed by atoms with Gasteiger partial charge in [0, 0.05) is 25.1 Å². The van der Waals surface area contributed by atoms with Gasteiger partial charge in [0.25, 0.3) is 0 Å².